The van der Waals surface area contributed by atoms with Gasteiger partial charge in [-0.05, 0) is 58.9 Å². The monoisotopic (exact) mass is 277 g/mol. The van der Waals surface area contributed by atoms with Crippen LogP contribution < -0.4 is 5.46 Å². The van der Waals surface area contributed by atoms with Crippen LogP contribution in [0.2, 0.25) is 0 Å². The van der Waals surface area contributed by atoms with E-state index in [-0.39, 0.29) is 0 Å². The molecule has 0 atom stereocenters. The Morgan fingerprint density at radius 3 is 2.50 bits per heavy atom. The first-order chi connectivity index (χ1) is 9.21. The molecule has 0 fully saturated rings. The zero-order valence-corrected chi connectivity index (χ0v) is 12.8. The second-order valence-electron chi connectivity index (χ2n) is 6.62. The van der Waals surface area contributed by atoms with Crippen LogP contribution in [0.4, 0.5) is 0 Å². The quantitative estimate of drug-likeness (QED) is 0.812. The molecule has 1 heterocycles. The van der Waals surface area contributed by atoms with Gasteiger partial charge in [0.2, 0.25) is 0 Å². The summed E-state index contributed by atoms with van der Waals surface area (Å²) in [4.78, 5) is 4.43. The predicted octanol–water partition coefficient (Wildman–Crippen LogP) is 1.21. The van der Waals surface area contributed by atoms with Crippen molar-refractivity contribution in [2.45, 2.75) is 64.6 Å². The first kappa shape index (κ1) is 15.5. The number of aromatic nitrogens is 1. The lowest BCUT2D eigenvalue weighted by Gasteiger charge is -2.38. The fourth-order valence-corrected chi connectivity index (χ4v) is 2.23. The molecule has 1 aliphatic rings. The molecule has 0 spiro atoms. The molecule has 0 aliphatic heterocycles. The number of aryl methyl sites for hydroxylation is 2. The highest BCUT2D eigenvalue weighted by Crippen LogP contribution is 2.25. The van der Waals surface area contributed by atoms with E-state index in [1.54, 1.807) is 33.9 Å². The number of pyridine rings is 1. The van der Waals surface area contributed by atoms with Crippen LogP contribution in [0.15, 0.2) is 12.3 Å². The van der Waals surface area contributed by atoms with Gasteiger partial charge in [0.15, 0.2) is 0 Å². The molecule has 1 aliphatic carbocycles. The molecule has 1 aromatic rings. The van der Waals surface area contributed by atoms with Crippen molar-refractivity contribution in [3.63, 3.8) is 0 Å². The average molecular weight is 277 g/mol. The second kappa shape index (κ2) is 5.47. The van der Waals surface area contributed by atoms with E-state index in [1.807, 2.05) is 6.07 Å². The smallest absolute Gasteiger partial charge is 0.423 e. The Morgan fingerprint density at radius 2 is 1.85 bits per heavy atom. The van der Waals surface area contributed by atoms with Crippen molar-refractivity contribution in [3.05, 3.63) is 23.5 Å². The molecule has 0 bridgehead atoms. The molecule has 0 saturated heterocycles. The molecule has 5 heteroatoms. The average Bonchev–Trinajstić information content (AvgIpc) is 2.36. The SMILES string of the molecule is CC(C)(O)C(C)(C)OB(O)c1cnc2c(c1)CCCC2. The molecule has 0 radical (unpaired) electrons. The van der Waals surface area contributed by atoms with Gasteiger partial charge in [0.05, 0.1) is 11.2 Å². The first-order valence-electron chi connectivity index (χ1n) is 7.27. The topological polar surface area (TPSA) is 62.6 Å². The molecule has 1 aromatic heterocycles. The number of nitrogens with zero attached hydrogens (tertiary/aromatic N) is 1. The molecular weight excluding hydrogens is 253 g/mol. The Bertz CT molecular complexity index is 482. The minimum Gasteiger partial charge on any atom is -0.423 e. The maximum absolute atomic E-state index is 10.2. The summed E-state index contributed by atoms with van der Waals surface area (Å²) >= 11 is 0. The summed E-state index contributed by atoms with van der Waals surface area (Å²) < 4.78 is 5.64. The van der Waals surface area contributed by atoms with Crippen LogP contribution in [0, 0.1) is 0 Å². The van der Waals surface area contributed by atoms with Crippen LogP contribution in [-0.2, 0) is 17.5 Å². The number of fused-ring (bicyclic) bond motifs is 1. The third kappa shape index (κ3) is 3.22. The van der Waals surface area contributed by atoms with Gasteiger partial charge >= 0.3 is 7.12 Å². The van der Waals surface area contributed by atoms with Crippen molar-refractivity contribution < 1.29 is 14.8 Å². The summed E-state index contributed by atoms with van der Waals surface area (Å²) in [7, 11) is -1.07. The Hall–Kier alpha value is -0.905. The standard InChI is InChI=1S/C15H24BNO3/c1-14(2,18)15(3,4)20-16(19)12-9-11-7-5-6-8-13(11)17-10-12/h9-10,18-19H,5-8H2,1-4H3. The fourth-order valence-electron chi connectivity index (χ4n) is 2.23. The summed E-state index contributed by atoms with van der Waals surface area (Å²) in [5, 5.41) is 20.3. The van der Waals surface area contributed by atoms with E-state index in [0.29, 0.717) is 5.46 Å². The molecule has 110 valence electrons. The van der Waals surface area contributed by atoms with Crippen LogP contribution >= 0.6 is 0 Å². The van der Waals surface area contributed by atoms with E-state index in [9.17, 15) is 10.1 Å². The third-order valence-electron chi connectivity index (χ3n) is 4.36. The van der Waals surface area contributed by atoms with Gasteiger partial charge in [0.25, 0.3) is 0 Å². The summed E-state index contributed by atoms with van der Waals surface area (Å²) in [6, 6.07) is 1.98. The minimum absolute atomic E-state index is 0.656. The van der Waals surface area contributed by atoms with Gasteiger partial charge in [-0.2, -0.15) is 0 Å². The summed E-state index contributed by atoms with van der Waals surface area (Å²) in [5.74, 6) is 0. The molecule has 0 aromatic carbocycles. The highest BCUT2D eigenvalue weighted by atomic mass is 16.5. The lowest BCUT2D eigenvalue weighted by Crippen LogP contribution is -2.53. The number of hydrogen-bond donors (Lipinski definition) is 2. The van der Waals surface area contributed by atoms with Crippen LogP contribution in [0.5, 0.6) is 0 Å². The zero-order valence-electron chi connectivity index (χ0n) is 12.8. The summed E-state index contributed by atoms with van der Waals surface area (Å²) in [6.45, 7) is 6.87. The Morgan fingerprint density at radius 1 is 1.20 bits per heavy atom. The highest BCUT2D eigenvalue weighted by molar-refractivity contribution is 6.60. The molecule has 4 nitrogen and oxygen atoms in total. The number of rotatable bonds is 4. The van der Waals surface area contributed by atoms with E-state index in [1.165, 1.54) is 18.4 Å². The van der Waals surface area contributed by atoms with Crippen molar-refractivity contribution in [3.8, 4) is 0 Å². The van der Waals surface area contributed by atoms with E-state index in [2.05, 4.69) is 4.98 Å². The van der Waals surface area contributed by atoms with Gasteiger partial charge in [-0.1, -0.05) is 6.07 Å². The Labute approximate surface area is 121 Å². The van der Waals surface area contributed by atoms with Crippen LogP contribution in [0.1, 0.15) is 51.8 Å². The summed E-state index contributed by atoms with van der Waals surface area (Å²) in [6.07, 6.45) is 6.06. The lowest BCUT2D eigenvalue weighted by molar-refractivity contribution is -0.0982. The Kier molecular flexibility index (Phi) is 4.23. The largest absolute Gasteiger partial charge is 0.493 e. The predicted molar refractivity (Wildman–Crippen MR) is 79.9 cm³/mol. The summed E-state index contributed by atoms with van der Waals surface area (Å²) in [5.41, 5.74) is 1.09. The number of aliphatic hydroxyl groups is 1. The van der Waals surface area contributed by atoms with Crippen molar-refractivity contribution >= 4 is 12.6 Å². The molecule has 20 heavy (non-hydrogen) atoms. The van der Waals surface area contributed by atoms with Crippen molar-refractivity contribution in [1.29, 1.82) is 0 Å². The van der Waals surface area contributed by atoms with Crippen LogP contribution in [-0.4, -0.2) is 33.4 Å². The molecule has 2 N–H and O–H groups in total. The maximum Gasteiger partial charge on any atom is 0.493 e. The zero-order chi connectivity index (χ0) is 15.0. The van der Waals surface area contributed by atoms with E-state index in [4.69, 9.17) is 4.65 Å². The first-order valence-corrected chi connectivity index (χ1v) is 7.27. The van der Waals surface area contributed by atoms with Gasteiger partial charge in [0, 0.05) is 17.4 Å². The van der Waals surface area contributed by atoms with Gasteiger partial charge < -0.3 is 14.8 Å². The fraction of sp³-hybridized carbons (Fsp3) is 0.667. The van der Waals surface area contributed by atoms with Crippen molar-refractivity contribution in [2.24, 2.45) is 0 Å². The van der Waals surface area contributed by atoms with Gasteiger partial charge in [-0.25, -0.2) is 0 Å². The molecule has 0 amide bonds. The normalized spacial score (nSPS) is 15.9. The van der Waals surface area contributed by atoms with Gasteiger partial charge in [0.1, 0.15) is 0 Å². The van der Waals surface area contributed by atoms with E-state index in [0.717, 1.165) is 18.5 Å². The van der Waals surface area contributed by atoms with Crippen molar-refractivity contribution in [2.75, 3.05) is 0 Å². The van der Waals surface area contributed by atoms with E-state index >= 15 is 0 Å². The van der Waals surface area contributed by atoms with Crippen LogP contribution in [0.25, 0.3) is 0 Å². The third-order valence-corrected chi connectivity index (χ3v) is 4.36. The lowest BCUT2D eigenvalue weighted by atomic mass is 9.76. The van der Waals surface area contributed by atoms with Crippen LogP contribution in [0.3, 0.4) is 0 Å². The second-order valence-corrected chi connectivity index (χ2v) is 6.62. The molecule has 2 rings (SSSR count). The highest BCUT2D eigenvalue weighted by Gasteiger charge is 2.39. The molecule has 0 saturated carbocycles. The number of hydrogen-bond acceptors (Lipinski definition) is 4. The maximum atomic E-state index is 10.2. The molecule has 0 unspecified atom stereocenters. The van der Waals surface area contributed by atoms with E-state index < -0.39 is 18.3 Å². The van der Waals surface area contributed by atoms with Gasteiger partial charge in [-0.3, -0.25) is 4.98 Å². The van der Waals surface area contributed by atoms with Crippen molar-refractivity contribution in [1.82, 2.24) is 4.98 Å². The van der Waals surface area contributed by atoms with Gasteiger partial charge in [-0.15, -0.1) is 0 Å². The Balaban J connectivity index is 2.15. The minimum atomic E-state index is -1.07. The molecular formula is C15H24BNO3.